The Morgan fingerprint density at radius 1 is 1.19 bits per heavy atom. The Balaban J connectivity index is 2.47. The molecule has 1 rings (SSSR count). The van der Waals surface area contributed by atoms with E-state index in [0.29, 0.717) is 0 Å². The Morgan fingerprint density at radius 3 is 2.35 bits per heavy atom. The molecule has 0 heterocycles. The van der Waals surface area contributed by atoms with E-state index in [2.05, 4.69) is 16.0 Å². The Bertz CT molecular complexity index is 771. The number of amides is 1. The highest BCUT2D eigenvalue weighted by molar-refractivity contribution is 7.89. The molecule has 0 spiro atoms. The minimum absolute atomic E-state index is 0.0458. The Kier molecular flexibility index (Phi) is 7.80. The van der Waals surface area contributed by atoms with Crippen molar-refractivity contribution in [1.29, 1.82) is 0 Å². The molecule has 0 saturated heterocycles. The van der Waals surface area contributed by atoms with E-state index in [1.807, 2.05) is 20.8 Å². The molecule has 0 aliphatic heterocycles. The summed E-state index contributed by atoms with van der Waals surface area (Å²) in [5.74, 6) is 1.01. The van der Waals surface area contributed by atoms with Crippen molar-refractivity contribution >= 4 is 21.9 Å². The highest BCUT2D eigenvalue weighted by Crippen LogP contribution is 2.23. The number of hydrogen-bond acceptors (Lipinski definition) is 5. The second kappa shape index (κ2) is 9.36. The van der Waals surface area contributed by atoms with Gasteiger partial charge in [-0.05, 0) is 23.1 Å². The summed E-state index contributed by atoms with van der Waals surface area (Å²) in [6, 6.07) is 6.57. The van der Waals surface area contributed by atoms with E-state index in [4.69, 9.17) is 11.2 Å². The summed E-state index contributed by atoms with van der Waals surface area (Å²) in [5.41, 5.74) is 0.939. The predicted octanol–water partition coefficient (Wildman–Crippen LogP) is 0.945. The van der Waals surface area contributed by atoms with E-state index in [-0.39, 0.29) is 29.8 Å². The monoisotopic (exact) mass is 380 g/mol. The van der Waals surface area contributed by atoms with E-state index >= 15 is 0 Å². The van der Waals surface area contributed by atoms with Gasteiger partial charge in [0.05, 0.1) is 17.9 Å². The van der Waals surface area contributed by atoms with Crippen LogP contribution in [0.2, 0.25) is 0 Å². The normalized spacial score (nSPS) is 11.5. The van der Waals surface area contributed by atoms with Crippen molar-refractivity contribution in [2.75, 3.05) is 19.7 Å². The van der Waals surface area contributed by atoms with E-state index in [1.54, 1.807) is 12.1 Å². The number of rotatable bonds is 8. The van der Waals surface area contributed by atoms with Gasteiger partial charge < -0.3 is 10.1 Å². The van der Waals surface area contributed by atoms with Gasteiger partial charge in [0.15, 0.2) is 6.61 Å². The molecule has 0 radical (unpaired) electrons. The van der Waals surface area contributed by atoms with Crippen LogP contribution in [0, 0.1) is 12.3 Å². The van der Waals surface area contributed by atoms with E-state index in [9.17, 15) is 18.0 Å². The lowest BCUT2D eigenvalue weighted by molar-refractivity contribution is -0.148. The quantitative estimate of drug-likeness (QED) is 0.516. The van der Waals surface area contributed by atoms with Crippen LogP contribution in [0.3, 0.4) is 0 Å². The van der Waals surface area contributed by atoms with Gasteiger partial charge in [0.1, 0.15) is 0 Å². The first kappa shape index (κ1) is 21.7. The number of carbonyl (C=O) groups excluding carboxylic acids is 2. The van der Waals surface area contributed by atoms with Crippen LogP contribution in [0.25, 0.3) is 0 Å². The van der Waals surface area contributed by atoms with Gasteiger partial charge in [0, 0.05) is 6.54 Å². The molecule has 0 aliphatic rings. The third kappa shape index (κ3) is 7.25. The van der Waals surface area contributed by atoms with E-state index in [0.717, 1.165) is 5.56 Å². The lowest BCUT2D eigenvalue weighted by Gasteiger charge is -2.19. The fraction of sp³-hybridized carbons (Fsp3) is 0.444. The van der Waals surface area contributed by atoms with Gasteiger partial charge in [-0.1, -0.05) is 38.8 Å². The molecule has 0 fully saturated rings. The topological polar surface area (TPSA) is 102 Å². The third-order valence-corrected chi connectivity index (χ3v) is 4.88. The lowest BCUT2D eigenvalue weighted by atomic mass is 9.87. The molecule has 1 amide bonds. The SMILES string of the molecule is C#CCNC(=O)COC(=O)CCNS(=O)(=O)c1ccc(C(C)(C)C)cc1. The predicted molar refractivity (Wildman–Crippen MR) is 97.7 cm³/mol. The standard InChI is InChI=1S/C18H24N2O5S/c1-5-11-19-16(21)13-25-17(22)10-12-20-26(23,24)15-8-6-14(7-9-15)18(2,3)4/h1,6-9,20H,10-13H2,2-4H3,(H,19,21). The van der Waals surface area contributed by atoms with Gasteiger partial charge in [-0.3, -0.25) is 9.59 Å². The number of esters is 1. The summed E-state index contributed by atoms with van der Waals surface area (Å²) in [6.07, 6.45) is 4.79. The van der Waals surface area contributed by atoms with Crippen LogP contribution < -0.4 is 10.0 Å². The molecule has 0 unspecified atom stereocenters. The average Bonchev–Trinajstić information content (AvgIpc) is 2.57. The number of benzene rings is 1. The van der Waals surface area contributed by atoms with Crippen molar-refractivity contribution in [2.24, 2.45) is 0 Å². The largest absolute Gasteiger partial charge is 0.456 e. The minimum atomic E-state index is -3.72. The van der Waals surface area contributed by atoms with Crippen LogP contribution in [0.4, 0.5) is 0 Å². The second-order valence-corrected chi connectivity index (χ2v) is 8.33. The molecule has 0 saturated carbocycles. The maximum Gasteiger partial charge on any atom is 0.307 e. The van der Waals surface area contributed by atoms with Crippen LogP contribution >= 0.6 is 0 Å². The molecule has 8 heteroatoms. The van der Waals surface area contributed by atoms with Crippen LogP contribution in [0.5, 0.6) is 0 Å². The molecule has 1 aromatic carbocycles. The summed E-state index contributed by atoms with van der Waals surface area (Å²) >= 11 is 0. The van der Waals surface area contributed by atoms with Gasteiger partial charge in [-0.15, -0.1) is 6.42 Å². The molecule has 0 aliphatic carbocycles. The molecule has 1 aromatic rings. The maximum absolute atomic E-state index is 12.2. The highest BCUT2D eigenvalue weighted by Gasteiger charge is 2.18. The molecular weight excluding hydrogens is 356 g/mol. The smallest absolute Gasteiger partial charge is 0.307 e. The minimum Gasteiger partial charge on any atom is -0.456 e. The van der Waals surface area contributed by atoms with Crippen molar-refractivity contribution in [3.05, 3.63) is 29.8 Å². The highest BCUT2D eigenvalue weighted by atomic mass is 32.2. The van der Waals surface area contributed by atoms with Gasteiger partial charge in [0.2, 0.25) is 10.0 Å². The molecule has 0 aromatic heterocycles. The van der Waals surface area contributed by atoms with Crippen LogP contribution in [-0.2, 0) is 29.8 Å². The summed E-state index contributed by atoms with van der Waals surface area (Å²) in [5, 5.41) is 2.34. The van der Waals surface area contributed by atoms with Crippen molar-refractivity contribution in [3.8, 4) is 12.3 Å². The van der Waals surface area contributed by atoms with Crippen molar-refractivity contribution in [1.82, 2.24) is 10.0 Å². The molecule has 7 nitrogen and oxygen atoms in total. The van der Waals surface area contributed by atoms with Gasteiger partial charge in [-0.25, -0.2) is 13.1 Å². The maximum atomic E-state index is 12.2. The van der Waals surface area contributed by atoms with E-state index < -0.39 is 28.5 Å². The van der Waals surface area contributed by atoms with E-state index in [1.165, 1.54) is 12.1 Å². The Morgan fingerprint density at radius 2 is 1.81 bits per heavy atom. The van der Waals surface area contributed by atoms with Crippen molar-refractivity contribution in [3.63, 3.8) is 0 Å². The Labute approximate surface area is 154 Å². The summed E-state index contributed by atoms with van der Waals surface area (Å²) < 4.78 is 31.5. The fourth-order valence-electron chi connectivity index (χ4n) is 1.92. The number of sulfonamides is 1. The van der Waals surface area contributed by atoms with Gasteiger partial charge in [0.25, 0.3) is 5.91 Å². The molecule has 0 atom stereocenters. The zero-order chi connectivity index (χ0) is 19.8. The molecule has 26 heavy (non-hydrogen) atoms. The first-order valence-electron chi connectivity index (χ1n) is 8.02. The third-order valence-electron chi connectivity index (χ3n) is 3.40. The molecule has 2 N–H and O–H groups in total. The van der Waals surface area contributed by atoms with Crippen LogP contribution in [-0.4, -0.2) is 40.0 Å². The second-order valence-electron chi connectivity index (χ2n) is 6.56. The summed E-state index contributed by atoms with van der Waals surface area (Å²) in [4.78, 5) is 22.9. The zero-order valence-electron chi connectivity index (χ0n) is 15.2. The summed E-state index contributed by atoms with van der Waals surface area (Å²) in [6.45, 7) is 5.56. The van der Waals surface area contributed by atoms with Crippen LogP contribution in [0.15, 0.2) is 29.2 Å². The average molecular weight is 380 g/mol. The van der Waals surface area contributed by atoms with Crippen molar-refractivity contribution < 1.29 is 22.7 Å². The number of ether oxygens (including phenoxy) is 1. The number of carbonyl (C=O) groups is 2. The van der Waals surface area contributed by atoms with Crippen molar-refractivity contribution in [2.45, 2.75) is 37.5 Å². The van der Waals surface area contributed by atoms with Gasteiger partial charge in [-0.2, -0.15) is 0 Å². The summed E-state index contributed by atoms with van der Waals surface area (Å²) in [7, 11) is -3.72. The fourth-order valence-corrected chi connectivity index (χ4v) is 2.96. The number of terminal acetylenes is 1. The molecule has 0 bridgehead atoms. The van der Waals surface area contributed by atoms with Gasteiger partial charge >= 0.3 is 5.97 Å². The number of nitrogens with one attached hydrogen (secondary N) is 2. The molecule has 142 valence electrons. The lowest BCUT2D eigenvalue weighted by Crippen LogP contribution is -2.30. The Hall–Kier alpha value is -2.37. The molecular formula is C18H24N2O5S. The zero-order valence-corrected chi connectivity index (χ0v) is 16.0. The first-order chi connectivity index (χ1) is 12.1. The number of hydrogen-bond donors (Lipinski definition) is 2. The van der Waals surface area contributed by atoms with Crippen LogP contribution in [0.1, 0.15) is 32.8 Å². The first-order valence-corrected chi connectivity index (χ1v) is 9.50.